The number of hydrogen-bond donors (Lipinski definition) is 1. The van der Waals surface area contributed by atoms with Crippen LogP contribution in [-0.2, 0) is 0 Å². The molecule has 0 spiro atoms. The maximum atomic E-state index is 12.0. The molecule has 0 aromatic carbocycles. The fourth-order valence-corrected chi connectivity index (χ4v) is 2.26. The van der Waals surface area contributed by atoms with Crippen molar-refractivity contribution in [1.29, 1.82) is 0 Å². The average Bonchev–Trinajstić information content (AvgIpc) is 2.89. The van der Waals surface area contributed by atoms with Crippen molar-refractivity contribution in [2.24, 2.45) is 0 Å². The summed E-state index contributed by atoms with van der Waals surface area (Å²) in [4.78, 5) is 13.7. The summed E-state index contributed by atoms with van der Waals surface area (Å²) in [6.45, 7) is 4.81. The summed E-state index contributed by atoms with van der Waals surface area (Å²) in [5, 5.41) is 11.4. The van der Waals surface area contributed by atoms with Gasteiger partial charge in [-0.2, -0.15) is 0 Å². The molecule has 2 rings (SSSR count). The first-order chi connectivity index (χ1) is 8.72. The second kappa shape index (κ2) is 5.95. The third kappa shape index (κ3) is 2.87. The van der Waals surface area contributed by atoms with Gasteiger partial charge in [0.25, 0.3) is 5.91 Å². The minimum absolute atomic E-state index is 0.0444. The topological polar surface area (TPSA) is 63.1 Å². The lowest BCUT2D eigenvalue weighted by Crippen LogP contribution is -2.29. The minimum Gasteiger partial charge on any atom is -0.340 e. The zero-order chi connectivity index (χ0) is 13.0. The third-order valence-corrected chi connectivity index (χ3v) is 3.32. The average molecular weight is 251 g/mol. The molecule has 0 atom stereocenters. The van der Waals surface area contributed by atoms with Crippen LogP contribution in [0, 0.1) is 0 Å². The van der Waals surface area contributed by atoms with E-state index < -0.39 is 0 Å². The molecule has 0 radical (unpaired) electrons. The SMILES string of the molecule is CCCN(C)C(=O)c1cn(C2CCNCC2)nn1. The van der Waals surface area contributed by atoms with Crippen LogP contribution in [-0.4, -0.2) is 52.5 Å². The van der Waals surface area contributed by atoms with Crippen molar-refractivity contribution in [2.45, 2.75) is 32.2 Å². The summed E-state index contributed by atoms with van der Waals surface area (Å²) < 4.78 is 1.84. The van der Waals surface area contributed by atoms with Crippen LogP contribution in [0.5, 0.6) is 0 Å². The highest BCUT2D eigenvalue weighted by atomic mass is 16.2. The Morgan fingerprint density at radius 1 is 1.56 bits per heavy atom. The van der Waals surface area contributed by atoms with Crippen molar-refractivity contribution in [1.82, 2.24) is 25.2 Å². The first-order valence-electron chi connectivity index (χ1n) is 6.60. The Balaban J connectivity index is 2.02. The summed E-state index contributed by atoms with van der Waals surface area (Å²) in [5.41, 5.74) is 0.449. The van der Waals surface area contributed by atoms with Crippen molar-refractivity contribution in [2.75, 3.05) is 26.7 Å². The molecule has 1 aromatic rings. The molecule has 0 unspecified atom stereocenters. The van der Waals surface area contributed by atoms with Crippen LogP contribution in [0.4, 0.5) is 0 Å². The molecule has 6 heteroatoms. The predicted molar refractivity (Wildman–Crippen MR) is 68.4 cm³/mol. The van der Waals surface area contributed by atoms with E-state index in [1.165, 1.54) is 0 Å². The summed E-state index contributed by atoms with van der Waals surface area (Å²) in [7, 11) is 1.80. The molecule has 6 nitrogen and oxygen atoms in total. The monoisotopic (exact) mass is 251 g/mol. The van der Waals surface area contributed by atoms with Crippen LogP contribution in [0.3, 0.4) is 0 Å². The molecule has 1 amide bonds. The van der Waals surface area contributed by atoms with Crippen molar-refractivity contribution >= 4 is 5.91 Å². The van der Waals surface area contributed by atoms with Crippen LogP contribution in [0.25, 0.3) is 0 Å². The first-order valence-corrected chi connectivity index (χ1v) is 6.60. The largest absolute Gasteiger partial charge is 0.340 e. The Morgan fingerprint density at radius 3 is 2.94 bits per heavy atom. The smallest absolute Gasteiger partial charge is 0.275 e. The number of piperidine rings is 1. The van der Waals surface area contributed by atoms with E-state index in [4.69, 9.17) is 0 Å². The van der Waals surface area contributed by atoms with Crippen LogP contribution in [0.2, 0.25) is 0 Å². The molecule has 100 valence electrons. The quantitative estimate of drug-likeness (QED) is 0.855. The molecule has 2 heterocycles. The highest BCUT2D eigenvalue weighted by Gasteiger charge is 2.20. The molecular weight excluding hydrogens is 230 g/mol. The van der Waals surface area contributed by atoms with Crippen LogP contribution in [0.15, 0.2) is 6.20 Å². The maximum Gasteiger partial charge on any atom is 0.275 e. The van der Waals surface area contributed by atoms with Crippen LogP contribution >= 0.6 is 0 Å². The lowest BCUT2D eigenvalue weighted by atomic mass is 10.1. The number of carbonyl (C=O) groups is 1. The van der Waals surface area contributed by atoms with Gasteiger partial charge in [0.15, 0.2) is 5.69 Å². The number of aromatic nitrogens is 3. The molecule has 18 heavy (non-hydrogen) atoms. The lowest BCUT2D eigenvalue weighted by molar-refractivity contribution is 0.0789. The van der Waals surface area contributed by atoms with Gasteiger partial charge in [0, 0.05) is 13.6 Å². The van der Waals surface area contributed by atoms with E-state index in [-0.39, 0.29) is 5.91 Å². The van der Waals surface area contributed by atoms with Gasteiger partial charge in [0.2, 0.25) is 0 Å². The predicted octanol–water partition coefficient (Wildman–Crippen LogP) is 0.685. The Labute approximate surface area is 107 Å². The molecule has 0 saturated carbocycles. The molecule has 1 N–H and O–H groups in total. The number of carbonyl (C=O) groups excluding carboxylic acids is 1. The highest BCUT2D eigenvalue weighted by Crippen LogP contribution is 2.17. The Hall–Kier alpha value is -1.43. The summed E-state index contributed by atoms with van der Waals surface area (Å²) in [6.07, 6.45) is 4.82. The molecule has 1 saturated heterocycles. The number of amides is 1. The minimum atomic E-state index is -0.0444. The van der Waals surface area contributed by atoms with Gasteiger partial charge in [-0.3, -0.25) is 4.79 Å². The fraction of sp³-hybridized carbons (Fsp3) is 0.750. The van der Waals surface area contributed by atoms with E-state index >= 15 is 0 Å². The molecule has 0 aliphatic carbocycles. The summed E-state index contributed by atoms with van der Waals surface area (Å²) in [5.74, 6) is -0.0444. The van der Waals surface area contributed by atoms with E-state index in [9.17, 15) is 4.79 Å². The van der Waals surface area contributed by atoms with E-state index in [2.05, 4.69) is 22.6 Å². The van der Waals surface area contributed by atoms with Crippen molar-refractivity contribution in [3.8, 4) is 0 Å². The molecule has 0 bridgehead atoms. The first kappa shape index (κ1) is 13.0. The van der Waals surface area contributed by atoms with Gasteiger partial charge >= 0.3 is 0 Å². The van der Waals surface area contributed by atoms with E-state index in [1.54, 1.807) is 18.1 Å². The van der Waals surface area contributed by atoms with E-state index in [0.29, 0.717) is 11.7 Å². The normalized spacial score (nSPS) is 16.8. The van der Waals surface area contributed by atoms with Gasteiger partial charge in [-0.1, -0.05) is 12.1 Å². The zero-order valence-corrected chi connectivity index (χ0v) is 11.1. The Kier molecular flexibility index (Phi) is 4.30. The lowest BCUT2D eigenvalue weighted by Gasteiger charge is -2.22. The summed E-state index contributed by atoms with van der Waals surface area (Å²) >= 11 is 0. The Bertz CT molecular complexity index is 397. The summed E-state index contributed by atoms with van der Waals surface area (Å²) in [6, 6.07) is 0.372. The van der Waals surface area contributed by atoms with E-state index in [0.717, 1.165) is 38.9 Å². The molecule has 1 aromatic heterocycles. The van der Waals surface area contributed by atoms with Gasteiger partial charge in [-0.15, -0.1) is 5.10 Å². The Morgan fingerprint density at radius 2 is 2.28 bits per heavy atom. The van der Waals surface area contributed by atoms with Crippen molar-refractivity contribution < 1.29 is 4.79 Å². The van der Waals surface area contributed by atoms with Crippen molar-refractivity contribution in [3.63, 3.8) is 0 Å². The number of rotatable bonds is 4. The number of nitrogens with one attached hydrogen (secondary N) is 1. The second-order valence-corrected chi connectivity index (χ2v) is 4.79. The molecule has 1 aliphatic rings. The number of hydrogen-bond acceptors (Lipinski definition) is 4. The highest BCUT2D eigenvalue weighted by molar-refractivity contribution is 5.91. The van der Waals surface area contributed by atoms with Gasteiger partial charge in [0.05, 0.1) is 12.2 Å². The van der Waals surface area contributed by atoms with Gasteiger partial charge < -0.3 is 10.2 Å². The fourth-order valence-electron chi connectivity index (χ4n) is 2.26. The molecule has 1 fully saturated rings. The van der Waals surface area contributed by atoms with Crippen LogP contribution in [0.1, 0.15) is 42.7 Å². The molecular formula is C12H21N5O. The van der Waals surface area contributed by atoms with Crippen molar-refractivity contribution in [3.05, 3.63) is 11.9 Å². The zero-order valence-electron chi connectivity index (χ0n) is 11.1. The molecule has 1 aliphatic heterocycles. The van der Waals surface area contributed by atoms with Gasteiger partial charge in [-0.25, -0.2) is 4.68 Å². The third-order valence-electron chi connectivity index (χ3n) is 3.32. The van der Waals surface area contributed by atoms with Gasteiger partial charge in [0.1, 0.15) is 0 Å². The van der Waals surface area contributed by atoms with Crippen LogP contribution < -0.4 is 5.32 Å². The van der Waals surface area contributed by atoms with E-state index in [1.807, 2.05) is 4.68 Å². The van der Waals surface area contributed by atoms with Gasteiger partial charge in [-0.05, 0) is 32.4 Å². The second-order valence-electron chi connectivity index (χ2n) is 4.79. The standard InChI is InChI=1S/C12H21N5O/c1-3-8-16(2)12(18)11-9-17(15-14-11)10-4-6-13-7-5-10/h9-10,13H,3-8H2,1-2H3. The maximum absolute atomic E-state index is 12.0. The number of nitrogens with zero attached hydrogens (tertiary/aromatic N) is 4.